The molecule has 0 atom stereocenters. The fourth-order valence-corrected chi connectivity index (χ4v) is 0.850. The molecule has 0 aromatic heterocycles. The number of halogens is 2. The van der Waals surface area contributed by atoms with Gasteiger partial charge in [0.15, 0.2) is 0 Å². The van der Waals surface area contributed by atoms with Crippen molar-refractivity contribution in [2.24, 2.45) is 5.41 Å². The smallest absolute Gasteiger partial charge is 0.120 e. The molecule has 1 nitrogen and oxygen atoms in total. The average molecular weight is 169 g/mol. The molecule has 0 rings (SSSR count). The van der Waals surface area contributed by atoms with Crippen LogP contribution in [-0.2, 0) is 4.79 Å². The summed E-state index contributed by atoms with van der Waals surface area (Å²) in [5.74, 6) is 0.879. The van der Waals surface area contributed by atoms with E-state index in [0.29, 0.717) is 18.2 Å². The molecule has 0 spiro atoms. The summed E-state index contributed by atoms with van der Waals surface area (Å²) >= 11 is 11.1. The summed E-state index contributed by atoms with van der Waals surface area (Å²) in [4.78, 5) is 10.0. The van der Waals surface area contributed by atoms with Gasteiger partial charge < -0.3 is 4.79 Å². The van der Waals surface area contributed by atoms with Crippen LogP contribution in [0.15, 0.2) is 0 Å². The second-order valence-corrected chi connectivity index (χ2v) is 2.98. The van der Waals surface area contributed by atoms with Crippen LogP contribution in [0.1, 0.15) is 13.3 Å². The zero-order chi connectivity index (χ0) is 7.33. The summed E-state index contributed by atoms with van der Waals surface area (Å²) in [5, 5.41) is 0. The van der Waals surface area contributed by atoms with Crippen LogP contribution in [0.3, 0.4) is 0 Å². The third-order valence-corrected chi connectivity index (χ3v) is 2.51. The Bertz CT molecular complexity index is 89.1. The van der Waals surface area contributed by atoms with Gasteiger partial charge in [0, 0.05) is 23.6 Å². The SMILES string of the molecule is CC(CCl)(CCl)CC=O. The molecule has 0 aromatic carbocycles. The van der Waals surface area contributed by atoms with E-state index in [0.717, 1.165) is 6.29 Å². The van der Waals surface area contributed by atoms with Gasteiger partial charge in [0.1, 0.15) is 6.29 Å². The molecule has 0 radical (unpaired) electrons. The normalized spacial score (nSPS) is 11.4. The second kappa shape index (κ2) is 4.13. The summed E-state index contributed by atoms with van der Waals surface area (Å²) in [6.45, 7) is 1.89. The minimum atomic E-state index is -0.204. The number of hydrogen-bond donors (Lipinski definition) is 0. The molecule has 0 aliphatic carbocycles. The van der Waals surface area contributed by atoms with Crippen LogP contribution < -0.4 is 0 Å². The van der Waals surface area contributed by atoms with Crippen LogP contribution in [0.25, 0.3) is 0 Å². The molecule has 54 valence electrons. The van der Waals surface area contributed by atoms with Crippen molar-refractivity contribution in [3.05, 3.63) is 0 Å². The van der Waals surface area contributed by atoms with E-state index in [9.17, 15) is 4.79 Å². The number of hydrogen-bond acceptors (Lipinski definition) is 1. The predicted octanol–water partition coefficient (Wildman–Crippen LogP) is 2.06. The van der Waals surface area contributed by atoms with Crippen molar-refractivity contribution < 1.29 is 4.79 Å². The van der Waals surface area contributed by atoms with Crippen LogP contribution in [0.2, 0.25) is 0 Å². The molecule has 3 heteroatoms. The number of alkyl halides is 2. The summed E-state index contributed by atoms with van der Waals surface area (Å²) in [6.07, 6.45) is 1.30. The summed E-state index contributed by atoms with van der Waals surface area (Å²) in [6, 6.07) is 0. The predicted molar refractivity (Wildman–Crippen MR) is 40.2 cm³/mol. The maximum Gasteiger partial charge on any atom is 0.120 e. The van der Waals surface area contributed by atoms with Crippen LogP contribution in [-0.4, -0.2) is 18.0 Å². The van der Waals surface area contributed by atoms with Crippen molar-refractivity contribution in [3.8, 4) is 0 Å². The molecule has 0 aliphatic rings. The van der Waals surface area contributed by atoms with E-state index in [4.69, 9.17) is 23.2 Å². The Hall–Kier alpha value is 0.250. The van der Waals surface area contributed by atoms with Crippen molar-refractivity contribution in [1.29, 1.82) is 0 Å². The van der Waals surface area contributed by atoms with E-state index in [-0.39, 0.29) is 5.41 Å². The van der Waals surface area contributed by atoms with E-state index >= 15 is 0 Å². The van der Waals surface area contributed by atoms with Gasteiger partial charge in [-0.2, -0.15) is 0 Å². The van der Waals surface area contributed by atoms with Gasteiger partial charge in [-0.1, -0.05) is 6.92 Å². The zero-order valence-electron chi connectivity index (χ0n) is 5.36. The molecule has 0 bridgehead atoms. The van der Waals surface area contributed by atoms with Gasteiger partial charge >= 0.3 is 0 Å². The lowest BCUT2D eigenvalue weighted by Crippen LogP contribution is -2.20. The molecule has 9 heavy (non-hydrogen) atoms. The largest absolute Gasteiger partial charge is 0.303 e. The first-order valence-corrected chi connectivity index (χ1v) is 3.81. The quantitative estimate of drug-likeness (QED) is 0.465. The average Bonchev–Trinajstić information content (AvgIpc) is 1.89. The maximum absolute atomic E-state index is 10.0. The first-order chi connectivity index (χ1) is 4.18. The molecular formula is C6H10Cl2O. The minimum absolute atomic E-state index is 0.204. The van der Waals surface area contributed by atoms with Crippen molar-refractivity contribution >= 4 is 29.5 Å². The minimum Gasteiger partial charge on any atom is -0.303 e. The Morgan fingerprint density at radius 2 is 1.89 bits per heavy atom. The number of carbonyl (C=O) groups excluding carboxylic acids is 1. The molecule has 0 saturated carbocycles. The standard InChI is InChI=1S/C6H10Cl2O/c1-6(4-7,5-8)2-3-9/h3H,2,4-5H2,1H3. The Labute approximate surface area is 65.3 Å². The van der Waals surface area contributed by atoms with E-state index in [1.165, 1.54) is 0 Å². The lowest BCUT2D eigenvalue weighted by Gasteiger charge is -2.19. The van der Waals surface area contributed by atoms with Crippen LogP contribution >= 0.6 is 23.2 Å². The van der Waals surface area contributed by atoms with Gasteiger partial charge in [0.25, 0.3) is 0 Å². The Morgan fingerprint density at radius 3 is 2.00 bits per heavy atom. The van der Waals surface area contributed by atoms with Gasteiger partial charge in [0.2, 0.25) is 0 Å². The van der Waals surface area contributed by atoms with Crippen molar-refractivity contribution in [2.75, 3.05) is 11.8 Å². The molecule has 0 fully saturated rings. The van der Waals surface area contributed by atoms with Gasteiger partial charge in [0.05, 0.1) is 0 Å². The fourth-order valence-electron chi connectivity index (χ4n) is 0.346. The first kappa shape index (κ1) is 9.25. The molecule has 0 N–H and O–H groups in total. The van der Waals surface area contributed by atoms with Crippen molar-refractivity contribution in [3.63, 3.8) is 0 Å². The molecule has 0 unspecified atom stereocenters. The molecular weight excluding hydrogens is 159 g/mol. The first-order valence-electron chi connectivity index (χ1n) is 2.74. The van der Waals surface area contributed by atoms with Gasteiger partial charge in [-0.25, -0.2) is 0 Å². The topological polar surface area (TPSA) is 17.1 Å². The molecule has 0 saturated heterocycles. The molecule has 0 amide bonds. The molecule has 0 heterocycles. The van der Waals surface area contributed by atoms with Crippen molar-refractivity contribution in [1.82, 2.24) is 0 Å². The van der Waals surface area contributed by atoms with E-state index in [1.54, 1.807) is 0 Å². The summed E-state index contributed by atoms with van der Waals surface area (Å²) in [7, 11) is 0. The van der Waals surface area contributed by atoms with Gasteiger partial charge in [-0.15, -0.1) is 23.2 Å². The highest BCUT2D eigenvalue weighted by atomic mass is 35.5. The monoisotopic (exact) mass is 168 g/mol. The van der Waals surface area contributed by atoms with Crippen LogP contribution in [0.4, 0.5) is 0 Å². The lowest BCUT2D eigenvalue weighted by molar-refractivity contribution is -0.109. The highest BCUT2D eigenvalue weighted by Gasteiger charge is 2.20. The third kappa shape index (κ3) is 3.07. The van der Waals surface area contributed by atoms with Crippen LogP contribution in [0.5, 0.6) is 0 Å². The Morgan fingerprint density at radius 1 is 1.44 bits per heavy atom. The van der Waals surface area contributed by atoms with Gasteiger partial charge in [-0.3, -0.25) is 0 Å². The van der Waals surface area contributed by atoms with Crippen LogP contribution in [0, 0.1) is 5.41 Å². The lowest BCUT2D eigenvalue weighted by atomic mass is 9.93. The number of rotatable bonds is 4. The van der Waals surface area contributed by atoms with Crippen molar-refractivity contribution in [2.45, 2.75) is 13.3 Å². The third-order valence-electron chi connectivity index (χ3n) is 1.22. The van der Waals surface area contributed by atoms with E-state index in [2.05, 4.69) is 0 Å². The highest BCUT2D eigenvalue weighted by molar-refractivity contribution is 6.21. The summed E-state index contributed by atoms with van der Waals surface area (Å²) in [5.41, 5.74) is -0.204. The fraction of sp³-hybridized carbons (Fsp3) is 0.833. The Kier molecular flexibility index (Phi) is 4.24. The number of carbonyl (C=O) groups is 1. The number of aldehydes is 1. The molecule has 0 aliphatic heterocycles. The van der Waals surface area contributed by atoms with E-state index < -0.39 is 0 Å². The second-order valence-electron chi connectivity index (χ2n) is 2.45. The molecule has 0 aromatic rings. The van der Waals surface area contributed by atoms with Gasteiger partial charge in [-0.05, 0) is 0 Å². The highest BCUT2D eigenvalue weighted by Crippen LogP contribution is 2.22. The van der Waals surface area contributed by atoms with E-state index in [1.807, 2.05) is 6.92 Å². The summed E-state index contributed by atoms with van der Waals surface area (Å²) < 4.78 is 0. The Balaban J connectivity index is 3.75. The maximum atomic E-state index is 10.0. The zero-order valence-corrected chi connectivity index (χ0v) is 6.87.